The van der Waals surface area contributed by atoms with E-state index in [1.807, 2.05) is 31.2 Å². The van der Waals surface area contributed by atoms with E-state index in [9.17, 15) is 9.59 Å². The smallest absolute Gasteiger partial charge is 0.227 e. The summed E-state index contributed by atoms with van der Waals surface area (Å²) in [4.78, 5) is 23.7. The fraction of sp³-hybridized carbons (Fsp3) is 0.500. The quantitative estimate of drug-likeness (QED) is 0.663. The van der Waals surface area contributed by atoms with Gasteiger partial charge in [0.25, 0.3) is 0 Å². The van der Waals surface area contributed by atoms with E-state index in [0.29, 0.717) is 25.8 Å². The highest BCUT2D eigenvalue weighted by Crippen LogP contribution is 2.27. The summed E-state index contributed by atoms with van der Waals surface area (Å²) >= 11 is 0. The summed E-state index contributed by atoms with van der Waals surface area (Å²) in [6, 6.07) is 7.83. The molecule has 0 radical (unpaired) electrons. The number of carbonyl (C=O) groups is 2. The number of hydrogen-bond donors (Lipinski definition) is 3. The number of hydrogen-bond acceptors (Lipinski definition) is 3. The number of rotatable bonds is 7. The predicted octanol–water partition coefficient (Wildman–Crippen LogP) is 1.30. The number of benzene rings is 1. The number of likely N-dealkylation sites (N-methyl/N-ethyl adjacent to an activating group) is 1. The SMILES string of the molecule is CCNCCNC(=O)CCC1Cc2ccccc2NC1=O. The molecule has 0 saturated carbocycles. The fourth-order valence-corrected chi connectivity index (χ4v) is 2.51. The third-order valence-electron chi connectivity index (χ3n) is 3.71. The van der Waals surface area contributed by atoms with Gasteiger partial charge in [0, 0.05) is 31.1 Å². The second kappa shape index (κ2) is 7.78. The summed E-state index contributed by atoms with van der Waals surface area (Å²) < 4.78 is 0. The summed E-state index contributed by atoms with van der Waals surface area (Å²) in [6.07, 6.45) is 1.70. The molecule has 5 nitrogen and oxygen atoms in total. The number of carbonyl (C=O) groups excluding carboxylic acids is 2. The van der Waals surface area contributed by atoms with E-state index in [1.165, 1.54) is 0 Å². The normalized spacial score (nSPS) is 17.0. The molecule has 5 heteroatoms. The Bertz CT molecular complexity index is 502. The summed E-state index contributed by atoms with van der Waals surface area (Å²) in [5, 5.41) is 8.92. The first-order chi connectivity index (χ1) is 10.2. The van der Waals surface area contributed by atoms with Crippen molar-refractivity contribution in [2.75, 3.05) is 25.0 Å². The Morgan fingerprint density at radius 2 is 2.14 bits per heavy atom. The lowest BCUT2D eigenvalue weighted by Gasteiger charge is -2.24. The van der Waals surface area contributed by atoms with Gasteiger partial charge in [0.05, 0.1) is 0 Å². The topological polar surface area (TPSA) is 70.2 Å². The summed E-state index contributed by atoms with van der Waals surface area (Å²) in [6.45, 7) is 4.34. The summed E-state index contributed by atoms with van der Waals surface area (Å²) in [5.41, 5.74) is 2.04. The van der Waals surface area contributed by atoms with Crippen molar-refractivity contribution in [3.8, 4) is 0 Å². The van der Waals surface area contributed by atoms with Crippen LogP contribution in [0.15, 0.2) is 24.3 Å². The second-order valence-electron chi connectivity index (χ2n) is 5.29. The van der Waals surface area contributed by atoms with Gasteiger partial charge < -0.3 is 16.0 Å². The van der Waals surface area contributed by atoms with Gasteiger partial charge in [-0.15, -0.1) is 0 Å². The predicted molar refractivity (Wildman–Crippen MR) is 83.1 cm³/mol. The van der Waals surface area contributed by atoms with Crippen LogP contribution in [0.5, 0.6) is 0 Å². The largest absolute Gasteiger partial charge is 0.355 e. The first-order valence-electron chi connectivity index (χ1n) is 7.57. The van der Waals surface area contributed by atoms with Gasteiger partial charge in [-0.2, -0.15) is 0 Å². The molecule has 0 aliphatic carbocycles. The Balaban J connectivity index is 1.76. The Kier molecular flexibility index (Phi) is 5.75. The van der Waals surface area contributed by atoms with Gasteiger partial charge in [0.1, 0.15) is 0 Å². The lowest BCUT2D eigenvalue weighted by molar-refractivity contribution is -0.122. The molecule has 2 rings (SSSR count). The molecule has 0 bridgehead atoms. The molecule has 0 aromatic heterocycles. The zero-order valence-electron chi connectivity index (χ0n) is 12.4. The molecular weight excluding hydrogens is 266 g/mol. The van der Waals surface area contributed by atoms with E-state index in [2.05, 4.69) is 16.0 Å². The zero-order valence-corrected chi connectivity index (χ0v) is 12.4. The number of amides is 2. The van der Waals surface area contributed by atoms with Crippen molar-refractivity contribution in [3.63, 3.8) is 0 Å². The number of nitrogens with one attached hydrogen (secondary N) is 3. The van der Waals surface area contributed by atoms with Crippen molar-refractivity contribution >= 4 is 17.5 Å². The highest BCUT2D eigenvalue weighted by molar-refractivity contribution is 5.96. The molecule has 1 aromatic carbocycles. The highest BCUT2D eigenvalue weighted by Gasteiger charge is 2.25. The molecule has 3 N–H and O–H groups in total. The van der Waals surface area contributed by atoms with Crippen molar-refractivity contribution in [1.82, 2.24) is 10.6 Å². The van der Waals surface area contributed by atoms with E-state index in [1.54, 1.807) is 0 Å². The van der Waals surface area contributed by atoms with Crippen LogP contribution < -0.4 is 16.0 Å². The average Bonchev–Trinajstić information content (AvgIpc) is 2.49. The molecule has 114 valence electrons. The Labute approximate surface area is 125 Å². The number of fused-ring (bicyclic) bond motifs is 1. The standard InChI is InChI=1S/C16H23N3O2/c1-2-17-9-10-18-15(20)8-7-13-11-12-5-3-4-6-14(12)19-16(13)21/h3-6,13,17H,2,7-11H2,1H3,(H,18,20)(H,19,21). The number of para-hydroxylation sites is 1. The molecule has 2 amide bonds. The van der Waals surface area contributed by atoms with Gasteiger partial charge in [-0.1, -0.05) is 25.1 Å². The van der Waals surface area contributed by atoms with E-state index >= 15 is 0 Å². The lowest BCUT2D eigenvalue weighted by atomic mass is 9.89. The third kappa shape index (κ3) is 4.56. The van der Waals surface area contributed by atoms with Crippen LogP contribution in [0.3, 0.4) is 0 Å². The first-order valence-corrected chi connectivity index (χ1v) is 7.57. The molecule has 0 saturated heterocycles. The number of anilines is 1. The van der Waals surface area contributed by atoms with E-state index < -0.39 is 0 Å². The monoisotopic (exact) mass is 289 g/mol. The molecule has 1 unspecified atom stereocenters. The molecule has 1 aliphatic heterocycles. The van der Waals surface area contributed by atoms with Crippen molar-refractivity contribution in [3.05, 3.63) is 29.8 Å². The zero-order chi connectivity index (χ0) is 15.1. The van der Waals surface area contributed by atoms with Crippen LogP contribution in [0, 0.1) is 5.92 Å². The van der Waals surface area contributed by atoms with Gasteiger partial charge in [-0.25, -0.2) is 0 Å². The molecule has 1 aromatic rings. The highest BCUT2D eigenvalue weighted by atomic mass is 16.2. The van der Waals surface area contributed by atoms with Gasteiger partial charge in [0.2, 0.25) is 11.8 Å². The minimum absolute atomic E-state index is 0.0135. The van der Waals surface area contributed by atoms with Crippen LogP contribution >= 0.6 is 0 Å². The average molecular weight is 289 g/mol. The Morgan fingerprint density at radius 1 is 1.33 bits per heavy atom. The van der Waals surface area contributed by atoms with Crippen LogP contribution in [-0.4, -0.2) is 31.4 Å². The van der Waals surface area contributed by atoms with Gasteiger partial charge in [-0.3, -0.25) is 9.59 Å². The first kappa shape index (κ1) is 15.5. The van der Waals surface area contributed by atoms with Crippen molar-refractivity contribution in [2.45, 2.75) is 26.2 Å². The minimum Gasteiger partial charge on any atom is -0.355 e. The maximum absolute atomic E-state index is 12.0. The van der Waals surface area contributed by atoms with Crippen molar-refractivity contribution in [2.24, 2.45) is 5.92 Å². The molecule has 1 aliphatic rings. The van der Waals surface area contributed by atoms with E-state index in [0.717, 1.165) is 24.3 Å². The molecule has 1 atom stereocenters. The lowest BCUT2D eigenvalue weighted by Crippen LogP contribution is -2.34. The molecular formula is C16H23N3O2. The van der Waals surface area contributed by atoms with Gasteiger partial charge >= 0.3 is 0 Å². The van der Waals surface area contributed by atoms with E-state index in [-0.39, 0.29) is 17.7 Å². The van der Waals surface area contributed by atoms with Crippen LogP contribution in [-0.2, 0) is 16.0 Å². The van der Waals surface area contributed by atoms with Gasteiger partial charge in [-0.05, 0) is 31.0 Å². The van der Waals surface area contributed by atoms with Crippen LogP contribution in [0.1, 0.15) is 25.3 Å². The van der Waals surface area contributed by atoms with Crippen LogP contribution in [0.25, 0.3) is 0 Å². The molecule has 21 heavy (non-hydrogen) atoms. The second-order valence-corrected chi connectivity index (χ2v) is 5.29. The maximum atomic E-state index is 12.0. The van der Waals surface area contributed by atoms with Crippen LogP contribution in [0.4, 0.5) is 5.69 Å². The van der Waals surface area contributed by atoms with Gasteiger partial charge in [0.15, 0.2) is 0 Å². The summed E-state index contributed by atoms with van der Waals surface area (Å²) in [5.74, 6) is -0.0758. The Hall–Kier alpha value is -1.88. The van der Waals surface area contributed by atoms with Crippen molar-refractivity contribution < 1.29 is 9.59 Å². The third-order valence-corrected chi connectivity index (χ3v) is 3.71. The van der Waals surface area contributed by atoms with Crippen molar-refractivity contribution in [1.29, 1.82) is 0 Å². The molecule has 0 fully saturated rings. The molecule has 0 spiro atoms. The fourth-order valence-electron chi connectivity index (χ4n) is 2.51. The van der Waals surface area contributed by atoms with Crippen LogP contribution in [0.2, 0.25) is 0 Å². The summed E-state index contributed by atoms with van der Waals surface area (Å²) in [7, 11) is 0. The molecule has 1 heterocycles. The maximum Gasteiger partial charge on any atom is 0.227 e. The Morgan fingerprint density at radius 3 is 2.95 bits per heavy atom. The van der Waals surface area contributed by atoms with E-state index in [4.69, 9.17) is 0 Å². The minimum atomic E-state index is -0.112.